The van der Waals surface area contributed by atoms with E-state index in [0.717, 1.165) is 19.3 Å². The van der Waals surface area contributed by atoms with E-state index in [1.54, 1.807) is 4.90 Å². The summed E-state index contributed by atoms with van der Waals surface area (Å²) < 4.78 is 11.0. The van der Waals surface area contributed by atoms with Crippen LogP contribution in [0.5, 0.6) is 0 Å². The summed E-state index contributed by atoms with van der Waals surface area (Å²) in [5, 5.41) is 11.6. The van der Waals surface area contributed by atoms with Crippen LogP contribution in [0.2, 0.25) is 0 Å². The minimum atomic E-state index is -0.992. The van der Waals surface area contributed by atoms with Gasteiger partial charge in [0.2, 0.25) is 0 Å². The van der Waals surface area contributed by atoms with Crippen LogP contribution in [0.3, 0.4) is 0 Å². The topological polar surface area (TPSA) is 88.1 Å². The number of carboxylic acid groups (broad SMARTS) is 1. The Kier molecular flexibility index (Phi) is 3.33. The maximum absolute atomic E-state index is 12.1. The largest absolute Gasteiger partial charge is 0.480 e. The third-order valence-electron chi connectivity index (χ3n) is 4.30. The van der Waals surface area contributed by atoms with Gasteiger partial charge in [-0.2, -0.15) is 0 Å². The molecule has 112 valence electrons. The molecule has 0 saturated carbocycles. The van der Waals surface area contributed by atoms with Crippen LogP contribution in [0.4, 0.5) is 4.79 Å². The van der Waals surface area contributed by atoms with Crippen molar-refractivity contribution in [1.82, 2.24) is 10.2 Å². The highest BCUT2D eigenvalue weighted by Crippen LogP contribution is 2.34. The minimum Gasteiger partial charge on any atom is -0.480 e. The van der Waals surface area contributed by atoms with Gasteiger partial charge in [-0.3, -0.25) is 0 Å². The van der Waals surface area contributed by atoms with Crippen molar-refractivity contribution in [3.8, 4) is 0 Å². The highest BCUT2D eigenvalue weighted by molar-refractivity contribution is 5.76. The number of fused-ring (bicyclic) bond motifs is 2. The van der Waals surface area contributed by atoms with Gasteiger partial charge in [-0.05, 0) is 26.2 Å². The van der Waals surface area contributed by atoms with Gasteiger partial charge in [0.1, 0.15) is 12.2 Å². The van der Waals surface area contributed by atoms with E-state index in [1.165, 1.54) is 0 Å². The fraction of sp³-hybridized carbons (Fsp3) is 0.846. The van der Waals surface area contributed by atoms with Gasteiger partial charge in [0.15, 0.2) is 0 Å². The van der Waals surface area contributed by atoms with E-state index < -0.39 is 11.6 Å². The molecule has 0 aliphatic carbocycles. The van der Waals surface area contributed by atoms with Gasteiger partial charge in [0.05, 0.1) is 31.3 Å². The summed E-state index contributed by atoms with van der Waals surface area (Å²) >= 11 is 0. The van der Waals surface area contributed by atoms with E-state index in [4.69, 9.17) is 14.6 Å². The quantitative estimate of drug-likeness (QED) is 0.769. The molecule has 3 unspecified atom stereocenters. The summed E-state index contributed by atoms with van der Waals surface area (Å²) in [5.74, 6) is -0.992. The molecule has 3 fully saturated rings. The Labute approximate surface area is 117 Å². The van der Waals surface area contributed by atoms with E-state index >= 15 is 0 Å². The zero-order valence-electron chi connectivity index (χ0n) is 11.5. The Morgan fingerprint density at radius 1 is 1.45 bits per heavy atom. The normalized spacial score (nSPS) is 33.9. The van der Waals surface area contributed by atoms with Crippen molar-refractivity contribution in [3.63, 3.8) is 0 Å². The van der Waals surface area contributed by atoms with Crippen molar-refractivity contribution in [1.29, 1.82) is 0 Å². The van der Waals surface area contributed by atoms with Gasteiger partial charge in [-0.15, -0.1) is 0 Å². The lowest BCUT2D eigenvalue weighted by molar-refractivity contribution is -0.159. The fourth-order valence-corrected chi connectivity index (χ4v) is 3.27. The number of carbonyl (C=O) groups is 2. The van der Waals surface area contributed by atoms with E-state index in [0.29, 0.717) is 19.2 Å². The van der Waals surface area contributed by atoms with Gasteiger partial charge in [0, 0.05) is 0 Å². The average Bonchev–Trinajstić information content (AvgIpc) is 2.95. The molecule has 3 aliphatic rings. The van der Waals surface area contributed by atoms with E-state index in [-0.39, 0.29) is 24.8 Å². The maximum atomic E-state index is 12.1. The standard InChI is InChI=1S/C13H20N2O5/c1-13(19-5-11(16)17)6-15(7-13)12(18)14-9-4-8-2-3-10(9)20-8/h8-10H,2-7H2,1H3,(H,14,18)(H,16,17). The average molecular weight is 284 g/mol. The van der Waals surface area contributed by atoms with Gasteiger partial charge < -0.3 is 24.8 Å². The van der Waals surface area contributed by atoms with Crippen molar-refractivity contribution in [2.24, 2.45) is 0 Å². The van der Waals surface area contributed by atoms with Crippen LogP contribution in [-0.2, 0) is 14.3 Å². The summed E-state index contributed by atoms with van der Waals surface area (Å²) in [6, 6.07) is 0.00981. The van der Waals surface area contributed by atoms with Crippen LogP contribution in [-0.4, -0.2) is 65.6 Å². The predicted molar refractivity (Wildman–Crippen MR) is 68.4 cm³/mol. The first-order valence-electron chi connectivity index (χ1n) is 7.02. The smallest absolute Gasteiger partial charge is 0.329 e. The molecule has 3 heterocycles. The van der Waals surface area contributed by atoms with Crippen LogP contribution < -0.4 is 5.32 Å². The van der Waals surface area contributed by atoms with E-state index in [1.807, 2.05) is 6.92 Å². The monoisotopic (exact) mass is 284 g/mol. The number of hydrogen-bond acceptors (Lipinski definition) is 4. The number of carboxylic acids is 1. The number of carbonyl (C=O) groups excluding carboxylic acids is 1. The SMILES string of the molecule is CC1(OCC(=O)O)CN(C(=O)NC2CC3CCC2O3)C1. The number of ether oxygens (including phenoxy) is 2. The summed E-state index contributed by atoms with van der Waals surface area (Å²) in [6.07, 6.45) is 3.50. The first-order valence-corrected chi connectivity index (χ1v) is 7.02. The Morgan fingerprint density at radius 2 is 2.20 bits per heavy atom. The lowest BCUT2D eigenvalue weighted by Gasteiger charge is -2.47. The van der Waals surface area contributed by atoms with Gasteiger partial charge in [-0.25, -0.2) is 9.59 Å². The zero-order chi connectivity index (χ0) is 14.3. The third kappa shape index (κ3) is 2.60. The molecule has 2 bridgehead atoms. The first kappa shape index (κ1) is 13.6. The molecule has 0 aromatic carbocycles. The number of hydrogen-bond donors (Lipinski definition) is 2. The molecule has 3 saturated heterocycles. The lowest BCUT2D eigenvalue weighted by atomic mass is 9.95. The minimum absolute atomic E-state index is 0.109. The molecule has 0 spiro atoms. The summed E-state index contributed by atoms with van der Waals surface area (Å²) in [4.78, 5) is 24.2. The van der Waals surface area contributed by atoms with Crippen molar-refractivity contribution >= 4 is 12.0 Å². The highest BCUT2D eigenvalue weighted by Gasteiger charge is 2.46. The van der Waals surface area contributed by atoms with Crippen molar-refractivity contribution < 1.29 is 24.2 Å². The number of rotatable bonds is 4. The Hall–Kier alpha value is -1.34. The summed E-state index contributed by atoms with van der Waals surface area (Å²) in [7, 11) is 0. The molecule has 7 heteroatoms. The fourth-order valence-electron chi connectivity index (χ4n) is 3.27. The molecule has 2 N–H and O–H groups in total. The van der Waals surface area contributed by atoms with Gasteiger partial charge in [0.25, 0.3) is 0 Å². The predicted octanol–water partition coefficient (Wildman–Crippen LogP) is 0.191. The van der Waals surface area contributed by atoms with E-state index in [9.17, 15) is 9.59 Å². The Balaban J connectivity index is 1.43. The molecule has 3 atom stereocenters. The van der Waals surface area contributed by atoms with Crippen LogP contribution in [0, 0.1) is 0 Å². The molecular formula is C13H20N2O5. The second-order valence-electron chi connectivity index (χ2n) is 6.15. The van der Waals surface area contributed by atoms with Crippen LogP contribution in [0.15, 0.2) is 0 Å². The van der Waals surface area contributed by atoms with Crippen LogP contribution in [0.25, 0.3) is 0 Å². The lowest BCUT2D eigenvalue weighted by Crippen LogP contribution is -2.66. The molecule has 0 aromatic heterocycles. The molecule has 3 rings (SSSR count). The molecular weight excluding hydrogens is 264 g/mol. The summed E-state index contributed by atoms with van der Waals surface area (Å²) in [6.45, 7) is 2.34. The van der Waals surface area contributed by atoms with Gasteiger partial charge in [-0.1, -0.05) is 0 Å². The van der Waals surface area contributed by atoms with Crippen molar-refractivity contribution in [2.45, 2.75) is 50.0 Å². The van der Waals surface area contributed by atoms with Gasteiger partial charge >= 0.3 is 12.0 Å². The number of nitrogens with zero attached hydrogens (tertiary/aromatic N) is 1. The Bertz CT molecular complexity index is 421. The summed E-state index contributed by atoms with van der Waals surface area (Å²) in [5.41, 5.74) is -0.541. The second kappa shape index (κ2) is 4.89. The molecule has 0 radical (unpaired) electrons. The molecule has 2 amide bonds. The first-order chi connectivity index (χ1) is 9.45. The van der Waals surface area contributed by atoms with Crippen LogP contribution in [0.1, 0.15) is 26.2 Å². The molecule has 20 heavy (non-hydrogen) atoms. The Morgan fingerprint density at radius 3 is 2.75 bits per heavy atom. The highest BCUT2D eigenvalue weighted by atomic mass is 16.5. The molecule has 3 aliphatic heterocycles. The number of nitrogens with one attached hydrogen (secondary N) is 1. The molecule has 0 aromatic rings. The maximum Gasteiger partial charge on any atom is 0.329 e. The number of aliphatic carboxylic acids is 1. The third-order valence-corrected chi connectivity index (χ3v) is 4.30. The van der Waals surface area contributed by atoms with Crippen molar-refractivity contribution in [3.05, 3.63) is 0 Å². The van der Waals surface area contributed by atoms with Crippen molar-refractivity contribution in [2.75, 3.05) is 19.7 Å². The number of amides is 2. The van der Waals surface area contributed by atoms with Crippen LogP contribution >= 0.6 is 0 Å². The second-order valence-corrected chi connectivity index (χ2v) is 6.15. The molecule has 7 nitrogen and oxygen atoms in total. The number of likely N-dealkylation sites (tertiary alicyclic amines) is 1. The zero-order valence-corrected chi connectivity index (χ0v) is 11.5. The van der Waals surface area contributed by atoms with E-state index in [2.05, 4.69) is 5.32 Å². The number of urea groups is 1.